The maximum atomic E-state index is 10.4. The first kappa shape index (κ1) is 14.1. The van der Waals surface area contributed by atoms with Gasteiger partial charge in [-0.25, -0.2) is 0 Å². The molecule has 2 heteroatoms. The van der Waals surface area contributed by atoms with Gasteiger partial charge in [0.15, 0.2) is 0 Å². The summed E-state index contributed by atoms with van der Waals surface area (Å²) >= 11 is 5.69. The van der Waals surface area contributed by atoms with E-state index in [9.17, 15) is 5.11 Å². The fourth-order valence-electron chi connectivity index (χ4n) is 2.21. The minimum atomic E-state index is -0.801. The predicted molar refractivity (Wildman–Crippen MR) is 81.4 cm³/mol. The van der Waals surface area contributed by atoms with Crippen LogP contribution in [0.2, 0.25) is 0 Å². The maximum Gasteiger partial charge on any atom is 0.0869 e. The lowest BCUT2D eigenvalue weighted by molar-refractivity contribution is 0.0472. The van der Waals surface area contributed by atoms with E-state index >= 15 is 0 Å². The van der Waals surface area contributed by atoms with E-state index in [2.05, 4.69) is 24.3 Å². The first-order valence-corrected chi connectivity index (χ1v) is 7.11. The van der Waals surface area contributed by atoms with Crippen LogP contribution in [0.3, 0.4) is 0 Å². The molecular formula is C17H19ClO. The molecule has 0 saturated carbocycles. The van der Waals surface area contributed by atoms with Gasteiger partial charge in [0.05, 0.1) is 5.60 Å². The zero-order valence-electron chi connectivity index (χ0n) is 11.1. The Morgan fingerprint density at radius 1 is 0.947 bits per heavy atom. The molecule has 1 nitrogen and oxygen atoms in total. The van der Waals surface area contributed by atoms with Gasteiger partial charge in [-0.15, -0.1) is 11.6 Å². The summed E-state index contributed by atoms with van der Waals surface area (Å²) in [7, 11) is 0. The van der Waals surface area contributed by atoms with Crippen LogP contribution in [0, 0.1) is 0 Å². The third-order valence-corrected chi connectivity index (χ3v) is 3.68. The molecule has 19 heavy (non-hydrogen) atoms. The van der Waals surface area contributed by atoms with Crippen LogP contribution < -0.4 is 0 Å². The van der Waals surface area contributed by atoms with Gasteiger partial charge in [0, 0.05) is 5.88 Å². The highest BCUT2D eigenvalue weighted by Crippen LogP contribution is 2.28. The molecule has 0 aliphatic heterocycles. The highest BCUT2D eigenvalue weighted by molar-refractivity contribution is 6.17. The SMILES string of the molecule is CC(O)(CCCCl)c1ccc(-c2ccccc2)cc1. The van der Waals surface area contributed by atoms with E-state index in [0.29, 0.717) is 12.3 Å². The van der Waals surface area contributed by atoms with Crippen molar-refractivity contribution in [2.75, 3.05) is 5.88 Å². The van der Waals surface area contributed by atoms with Crippen molar-refractivity contribution < 1.29 is 5.11 Å². The largest absolute Gasteiger partial charge is 0.385 e. The second-order valence-corrected chi connectivity index (χ2v) is 5.39. The molecule has 1 N–H and O–H groups in total. The Balaban J connectivity index is 2.19. The van der Waals surface area contributed by atoms with E-state index < -0.39 is 5.60 Å². The van der Waals surface area contributed by atoms with E-state index in [4.69, 9.17) is 11.6 Å². The standard InChI is InChI=1S/C17H19ClO/c1-17(19,12-5-13-18)16-10-8-15(9-11-16)14-6-3-2-4-7-14/h2-4,6-11,19H,5,12-13H2,1H3. The number of aliphatic hydroxyl groups is 1. The molecule has 1 atom stereocenters. The molecule has 0 fully saturated rings. The Hall–Kier alpha value is -1.31. The number of benzene rings is 2. The zero-order valence-corrected chi connectivity index (χ0v) is 11.9. The van der Waals surface area contributed by atoms with Crippen LogP contribution in [0.1, 0.15) is 25.3 Å². The molecule has 2 aromatic carbocycles. The summed E-state index contributed by atoms with van der Waals surface area (Å²) < 4.78 is 0. The van der Waals surface area contributed by atoms with Crippen molar-refractivity contribution in [1.82, 2.24) is 0 Å². The van der Waals surface area contributed by atoms with E-state index in [1.54, 1.807) is 0 Å². The fourth-order valence-corrected chi connectivity index (χ4v) is 2.34. The van der Waals surface area contributed by atoms with Crippen LogP contribution in [-0.2, 0) is 5.60 Å². The van der Waals surface area contributed by atoms with Crippen molar-refractivity contribution in [3.05, 3.63) is 60.2 Å². The smallest absolute Gasteiger partial charge is 0.0869 e. The van der Waals surface area contributed by atoms with Crippen molar-refractivity contribution >= 4 is 11.6 Å². The van der Waals surface area contributed by atoms with Gasteiger partial charge in [-0.1, -0.05) is 54.6 Å². The van der Waals surface area contributed by atoms with Crippen molar-refractivity contribution in [2.45, 2.75) is 25.4 Å². The van der Waals surface area contributed by atoms with Crippen LogP contribution in [0.5, 0.6) is 0 Å². The number of hydrogen-bond acceptors (Lipinski definition) is 1. The van der Waals surface area contributed by atoms with E-state index in [1.807, 2.05) is 37.3 Å². The minimum absolute atomic E-state index is 0.582. The van der Waals surface area contributed by atoms with Gasteiger partial charge >= 0.3 is 0 Å². The molecule has 0 aliphatic carbocycles. The summed E-state index contributed by atoms with van der Waals surface area (Å²) in [6, 6.07) is 18.3. The van der Waals surface area contributed by atoms with Gasteiger partial charge in [0.1, 0.15) is 0 Å². The summed E-state index contributed by atoms with van der Waals surface area (Å²) in [6.07, 6.45) is 1.50. The highest BCUT2D eigenvalue weighted by atomic mass is 35.5. The lowest BCUT2D eigenvalue weighted by Gasteiger charge is -2.23. The van der Waals surface area contributed by atoms with E-state index in [-0.39, 0.29) is 0 Å². The number of hydrogen-bond donors (Lipinski definition) is 1. The molecule has 0 radical (unpaired) electrons. The Bertz CT molecular complexity index is 503. The van der Waals surface area contributed by atoms with Crippen LogP contribution in [0.4, 0.5) is 0 Å². The lowest BCUT2D eigenvalue weighted by Crippen LogP contribution is -2.21. The van der Waals surface area contributed by atoms with Crippen LogP contribution in [-0.4, -0.2) is 11.0 Å². The summed E-state index contributed by atoms with van der Waals surface area (Å²) in [5.74, 6) is 0.582. The number of rotatable bonds is 5. The molecule has 0 spiro atoms. The molecule has 2 aromatic rings. The van der Waals surface area contributed by atoms with Crippen molar-refractivity contribution in [3.63, 3.8) is 0 Å². The van der Waals surface area contributed by atoms with E-state index in [1.165, 1.54) is 5.56 Å². The average Bonchev–Trinajstić information content (AvgIpc) is 2.46. The van der Waals surface area contributed by atoms with Crippen LogP contribution >= 0.6 is 11.6 Å². The molecule has 100 valence electrons. The lowest BCUT2D eigenvalue weighted by atomic mass is 9.90. The van der Waals surface area contributed by atoms with Crippen molar-refractivity contribution in [3.8, 4) is 11.1 Å². The summed E-state index contributed by atoms with van der Waals surface area (Å²) in [5, 5.41) is 10.4. The molecule has 0 heterocycles. The number of halogens is 1. The molecule has 0 saturated heterocycles. The fraction of sp³-hybridized carbons (Fsp3) is 0.294. The Kier molecular flexibility index (Phi) is 4.62. The molecule has 0 aromatic heterocycles. The quantitative estimate of drug-likeness (QED) is 0.791. The van der Waals surface area contributed by atoms with Gasteiger partial charge in [-0.05, 0) is 36.5 Å². The zero-order chi connectivity index (χ0) is 13.7. The van der Waals surface area contributed by atoms with Crippen LogP contribution in [0.15, 0.2) is 54.6 Å². The molecule has 0 bridgehead atoms. The first-order chi connectivity index (χ1) is 9.13. The Morgan fingerprint density at radius 2 is 1.53 bits per heavy atom. The van der Waals surface area contributed by atoms with Crippen molar-refractivity contribution in [2.24, 2.45) is 0 Å². The number of alkyl halides is 1. The second-order valence-electron chi connectivity index (χ2n) is 5.01. The molecular weight excluding hydrogens is 256 g/mol. The molecule has 2 rings (SSSR count). The first-order valence-electron chi connectivity index (χ1n) is 6.58. The van der Waals surface area contributed by atoms with Gasteiger partial charge in [-0.3, -0.25) is 0 Å². The van der Waals surface area contributed by atoms with Gasteiger partial charge in [0.25, 0.3) is 0 Å². The maximum absolute atomic E-state index is 10.4. The summed E-state index contributed by atoms with van der Waals surface area (Å²) in [6.45, 7) is 1.84. The normalized spacial score (nSPS) is 14.1. The topological polar surface area (TPSA) is 20.2 Å². The predicted octanol–water partition coefficient (Wildman–Crippen LogP) is 4.58. The van der Waals surface area contributed by atoms with Crippen molar-refractivity contribution in [1.29, 1.82) is 0 Å². The highest BCUT2D eigenvalue weighted by Gasteiger charge is 2.22. The Morgan fingerprint density at radius 3 is 2.11 bits per heavy atom. The molecule has 0 aliphatic rings. The summed E-state index contributed by atoms with van der Waals surface area (Å²) in [4.78, 5) is 0. The summed E-state index contributed by atoms with van der Waals surface area (Å²) in [5.41, 5.74) is 2.49. The molecule has 0 amide bonds. The van der Waals surface area contributed by atoms with Gasteiger partial charge < -0.3 is 5.11 Å². The van der Waals surface area contributed by atoms with Gasteiger partial charge in [-0.2, -0.15) is 0 Å². The third-order valence-electron chi connectivity index (χ3n) is 3.41. The molecule has 1 unspecified atom stereocenters. The van der Waals surface area contributed by atoms with Gasteiger partial charge in [0.2, 0.25) is 0 Å². The minimum Gasteiger partial charge on any atom is -0.385 e. The monoisotopic (exact) mass is 274 g/mol. The Labute approximate surface area is 119 Å². The van der Waals surface area contributed by atoms with E-state index in [0.717, 1.165) is 17.5 Å². The average molecular weight is 275 g/mol. The second kappa shape index (κ2) is 6.23. The third kappa shape index (κ3) is 3.59. The van der Waals surface area contributed by atoms with Crippen LogP contribution in [0.25, 0.3) is 11.1 Å².